The quantitative estimate of drug-likeness (QED) is 0.734. The van der Waals surface area contributed by atoms with Gasteiger partial charge in [0.05, 0.1) is 5.69 Å². The average molecular weight is 337 g/mol. The Bertz CT molecular complexity index is 753. The van der Waals surface area contributed by atoms with E-state index in [1.807, 2.05) is 17.5 Å². The van der Waals surface area contributed by atoms with Crippen molar-refractivity contribution < 1.29 is 0 Å². The molecule has 0 amide bonds. The number of aromatic nitrogens is 2. The fourth-order valence-corrected chi connectivity index (χ4v) is 7.37. The molecule has 5 aliphatic rings. The predicted octanol–water partition coefficient (Wildman–Crippen LogP) is 5.55. The summed E-state index contributed by atoms with van der Waals surface area (Å²) in [6.45, 7) is 0. The molecule has 5 aliphatic carbocycles. The first-order valence-corrected chi connectivity index (χ1v) is 10.6. The van der Waals surface area contributed by atoms with Crippen molar-refractivity contribution in [3.05, 3.63) is 35.1 Å². The van der Waals surface area contributed by atoms with Crippen LogP contribution in [0.1, 0.15) is 68.5 Å². The summed E-state index contributed by atoms with van der Waals surface area (Å²) in [6, 6.07) is 2.22. The summed E-state index contributed by atoms with van der Waals surface area (Å²) < 4.78 is 0. The van der Waals surface area contributed by atoms with Crippen LogP contribution in [0, 0.1) is 17.8 Å². The Morgan fingerprint density at radius 1 is 1.00 bits per heavy atom. The Balaban J connectivity index is 1.39. The van der Waals surface area contributed by atoms with Gasteiger partial charge in [0, 0.05) is 28.8 Å². The third-order valence-electron chi connectivity index (χ3n) is 7.19. The zero-order chi connectivity index (χ0) is 15.7. The van der Waals surface area contributed by atoms with Gasteiger partial charge in [0.2, 0.25) is 0 Å². The van der Waals surface area contributed by atoms with Crippen LogP contribution in [0.3, 0.4) is 0 Å². The van der Waals surface area contributed by atoms with Gasteiger partial charge in [-0.2, -0.15) is 0 Å². The number of hydrogen-bond acceptors (Lipinski definition) is 3. The first kappa shape index (κ1) is 14.0. The second-order valence-electron chi connectivity index (χ2n) is 8.97. The maximum absolute atomic E-state index is 5.22. The Kier molecular flexibility index (Phi) is 2.86. The van der Waals surface area contributed by atoms with Gasteiger partial charge in [-0.25, -0.2) is 4.98 Å². The highest BCUT2D eigenvalue weighted by Gasteiger charge is 2.52. The lowest BCUT2D eigenvalue weighted by Crippen LogP contribution is -2.48. The summed E-state index contributed by atoms with van der Waals surface area (Å²) in [5.41, 5.74) is 4.63. The minimum Gasteiger partial charge on any atom is -0.264 e. The summed E-state index contributed by atoms with van der Waals surface area (Å²) in [7, 11) is 0. The van der Waals surface area contributed by atoms with Gasteiger partial charge in [0.25, 0.3) is 0 Å². The van der Waals surface area contributed by atoms with Gasteiger partial charge in [-0.05, 0) is 86.7 Å². The molecule has 124 valence electrons. The van der Waals surface area contributed by atoms with Crippen LogP contribution in [0.5, 0.6) is 0 Å². The molecule has 0 atom stereocenters. The largest absolute Gasteiger partial charge is 0.264 e. The fourth-order valence-electron chi connectivity index (χ4n) is 6.40. The molecule has 2 nitrogen and oxygen atoms in total. The van der Waals surface area contributed by atoms with Crippen LogP contribution in [0.25, 0.3) is 10.6 Å². The molecule has 0 radical (unpaired) electrons. The van der Waals surface area contributed by atoms with E-state index in [1.165, 1.54) is 73.2 Å². The van der Waals surface area contributed by atoms with Crippen molar-refractivity contribution in [2.75, 3.05) is 0 Å². The van der Waals surface area contributed by atoms with Crippen LogP contribution in [0.2, 0.25) is 0 Å². The molecule has 7 rings (SSSR count). The molecule has 24 heavy (non-hydrogen) atoms. The van der Waals surface area contributed by atoms with Crippen molar-refractivity contribution in [3.8, 4) is 10.6 Å². The zero-order valence-corrected chi connectivity index (χ0v) is 14.9. The number of hydrogen-bond donors (Lipinski definition) is 0. The van der Waals surface area contributed by atoms with Crippen LogP contribution >= 0.6 is 11.3 Å². The number of rotatable bonds is 3. The Morgan fingerprint density at radius 2 is 1.71 bits per heavy atom. The third-order valence-corrected chi connectivity index (χ3v) is 8.06. The molecule has 0 aliphatic heterocycles. The van der Waals surface area contributed by atoms with Gasteiger partial charge < -0.3 is 0 Å². The summed E-state index contributed by atoms with van der Waals surface area (Å²) in [6.07, 6.45) is 15.4. The van der Waals surface area contributed by atoms with Crippen molar-refractivity contribution >= 4 is 11.3 Å². The SMILES string of the molecule is c1cc(C2CC2)c(-c2nc(C34CC5CC(CC(C5)C3)C4)cs2)cn1. The van der Waals surface area contributed by atoms with E-state index < -0.39 is 0 Å². The molecule has 5 fully saturated rings. The standard InChI is InChI=1S/C21H24N2S/c1-2-16(1)17-3-4-22-11-18(17)20-23-19(12-24-20)21-8-13-5-14(9-21)7-15(6-13)10-21/h3-4,11-16H,1-2,5-10H2. The molecule has 3 heteroatoms. The predicted molar refractivity (Wildman–Crippen MR) is 97.2 cm³/mol. The molecule has 2 aromatic heterocycles. The molecule has 0 aromatic carbocycles. The number of pyridine rings is 1. The Morgan fingerprint density at radius 3 is 2.38 bits per heavy atom. The maximum Gasteiger partial charge on any atom is 0.125 e. The van der Waals surface area contributed by atoms with Crippen molar-refractivity contribution in [1.82, 2.24) is 9.97 Å². The average Bonchev–Trinajstić information content (AvgIpc) is 3.29. The maximum atomic E-state index is 5.22. The molecule has 0 N–H and O–H groups in total. The van der Waals surface area contributed by atoms with Crippen LogP contribution in [0.15, 0.2) is 23.8 Å². The van der Waals surface area contributed by atoms with E-state index in [2.05, 4.69) is 22.6 Å². The highest BCUT2D eigenvalue weighted by atomic mass is 32.1. The van der Waals surface area contributed by atoms with E-state index in [0.29, 0.717) is 5.41 Å². The monoisotopic (exact) mass is 336 g/mol. The van der Waals surface area contributed by atoms with E-state index in [-0.39, 0.29) is 0 Å². The van der Waals surface area contributed by atoms with Crippen molar-refractivity contribution in [1.29, 1.82) is 0 Å². The van der Waals surface area contributed by atoms with Crippen LogP contribution < -0.4 is 0 Å². The Hall–Kier alpha value is -1.22. The summed E-state index contributed by atoms with van der Waals surface area (Å²) >= 11 is 1.86. The summed E-state index contributed by atoms with van der Waals surface area (Å²) in [4.78, 5) is 9.62. The van der Waals surface area contributed by atoms with Crippen molar-refractivity contribution in [2.45, 2.75) is 62.7 Å². The van der Waals surface area contributed by atoms with Gasteiger partial charge in [-0.3, -0.25) is 4.98 Å². The van der Waals surface area contributed by atoms with Crippen LogP contribution in [-0.4, -0.2) is 9.97 Å². The van der Waals surface area contributed by atoms with E-state index in [0.717, 1.165) is 23.7 Å². The second-order valence-corrected chi connectivity index (χ2v) is 9.83. The Labute approximate surface area is 147 Å². The van der Waals surface area contributed by atoms with Gasteiger partial charge in [-0.1, -0.05) is 0 Å². The van der Waals surface area contributed by atoms with Gasteiger partial charge in [0.15, 0.2) is 0 Å². The second kappa shape index (κ2) is 4.91. The fraction of sp³-hybridized carbons (Fsp3) is 0.619. The normalized spacial score (nSPS) is 37.1. The molecular formula is C21H24N2S. The molecule has 2 aromatic rings. The first-order chi connectivity index (χ1) is 11.8. The van der Waals surface area contributed by atoms with Crippen molar-refractivity contribution in [2.24, 2.45) is 17.8 Å². The molecule has 4 bridgehead atoms. The number of thiazole rings is 1. The molecule has 0 unspecified atom stereocenters. The molecule has 2 heterocycles. The minimum atomic E-state index is 0.422. The minimum absolute atomic E-state index is 0.422. The zero-order valence-electron chi connectivity index (χ0n) is 14.1. The highest BCUT2D eigenvalue weighted by molar-refractivity contribution is 7.13. The molecule has 0 saturated heterocycles. The smallest absolute Gasteiger partial charge is 0.125 e. The summed E-state index contributed by atoms with van der Waals surface area (Å²) in [5.74, 6) is 3.72. The highest BCUT2D eigenvalue weighted by Crippen LogP contribution is 2.61. The topological polar surface area (TPSA) is 25.8 Å². The van der Waals surface area contributed by atoms with Crippen molar-refractivity contribution in [3.63, 3.8) is 0 Å². The van der Waals surface area contributed by atoms with E-state index in [1.54, 1.807) is 0 Å². The number of nitrogens with zero attached hydrogens (tertiary/aromatic N) is 2. The molecule has 0 spiro atoms. The van der Waals surface area contributed by atoms with Gasteiger partial charge in [0.1, 0.15) is 5.01 Å². The van der Waals surface area contributed by atoms with E-state index >= 15 is 0 Å². The lowest BCUT2D eigenvalue weighted by Gasteiger charge is -2.56. The lowest BCUT2D eigenvalue weighted by molar-refractivity contribution is -0.00689. The van der Waals surface area contributed by atoms with Gasteiger partial charge >= 0.3 is 0 Å². The molecule has 5 saturated carbocycles. The van der Waals surface area contributed by atoms with Crippen LogP contribution in [0.4, 0.5) is 0 Å². The molecular weight excluding hydrogens is 312 g/mol. The van der Waals surface area contributed by atoms with Gasteiger partial charge in [-0.15, -0.1) is 11.3 Å². The first-order valence-electron chi connectivity index (χ1n) is 9.69. The van der Waals surface area contributed by atoms with E-state index in [9.17, 15) is 0 Å². The third kappa shape index (κ3) is 2.06. The lowest BCUT2D eigenvalue weighted by atomic mass is 9.49. The summed E-state index contributed by atoms with van der Waals surface area (Å²) in [5, 5.41) is 3.61. The van der Waals surface area contributed by atoms with Crippen LogP contribution in [-0.2, 0) is 5.41 Å². The van der Waals surface area contributed by atoms with E-state index in [4.69, 9.17) is 4.98 Å².